The standard InChI is InChI=1S/C46H27N5/c1-48-36-22-24-50-43(27-36)34-17-13-32(14-18-34)41-28-45-46(39-10-6-5-9-38(39)41)40-20-19-35(26-44(40)51(45)37-7-3-2-4-8-37)31-11-15-33(16-12-31)42-25-30(29-47)21-23-49-42/h2-28H. The van der Waals surface area contributed by atoms with Gasteiger partial charge in [-0.1, -0.05) is 103 Å². The first-order chi connectivity index (χ1) is 25.2. The zero-order chi connectivity index (χ0) is 34.3. The molecule has 0 atom stereocenters. The van der Waals surface area contributed by atoms with Crippen LogP contribution < -0.4 is 0 Å². The third-order valence-corrected chi connectivity index (χ3v) is 9.55. The van der Waals surface area contributed by atoms with E-state index in [1.807, 2.05) is 12.1 Å². The van der Waals surface area contributed by atoms with Gasteiger partial charge in [0.15, 0.2) is 5.69 Å². The molecule has 0 spiro atoms. The highest BCUT2D eigenvalue weighted by Crippen LogP contribution is 2.42. The van der Waals surface area contributed by atoms with Gasteiger partial charge in [-0.15, -0.1) is 0 Å². The quantitative estimate of drug-likeness (QED) is 0.174. The normalized spacial score (nSPS) is 11.1. The van der Waals surface area contributed by atoms with Crippen molar-refractivity contribution in [2.75, 3.05) is 0 Å². The molecule has 6 aromatic carbocycles. The topological polar surface area (TPSA) is 58.9 Å². The van der Waals surface area contributed by atoms with E-state index in [1.165, 1.54) is 21.5 Å². The Bertz CT molecular complexity index is 2850. The van der Waals surface area contributed by atoms with E-state index in [4.69, 9.17) is 6.57 Å². The molecule has 0 saturated heterocycles. The summed E-state index contributed by atoms with van der Waals surface area (Å²) in [6.07, 6.45) is 3.37. The molecule has 51 heavy (non-hydrogen) atoms. The Balaban J connectivity index is 1.22. The summed E-state index contributed by atoms with van der Waals surface area (Å²) < 4.78 is 2.38. The summed E-state index contributed by atoms with van der Waals surface area (Å²) >= 11 is 0. The second-order valence-corrected chi connectivity index (χ2v) is 12.5. The van der Waals surface area contributed by atoms with Crippen LogP contribution in [0.15, 0.2) is 164 Å². The number of para-hydroxylation sites is 1. The molecule has 0 fully saturated rings. The number of rotatable bonds is 5. The van der Waals surface area contributed by atoms with Gasteiger partial charge in [-0.2, -0.15) is 5.26 Å². The highest BCUT2D eigenvalue weighted by Gasteiger charge is 2.19. The van der Waals surface area contributed by atoms with Crippen LogP contribution in [-0.2, 0) is 0 Å². The molecule has 0 unspecified atom stereocenters. The van der Waals surface area contributed by atoms with Gasteiger partial charge in [0.2, 0.25) is 0 Å². The summed E-state index contributed by atoms with van der Waals surface area (Å²) in [7, 11) is 0. The van der Waals surface area contributed by atoms with Gasteiger partial charge < -0.3 is 4.57 Å². The lowest BCUT2D eigenvalue weighted by Gasteiger charge is -2.13. The summed E-state index contributed by atoms with van der Waals surface area (Å²) in [6.45, 7) is 7.40. The minimum Gasteiger partial charge on any atom is -0.309 e. The number of hydrogen-bond acceptors (Lipinski definition) is 3. The van der Waals surface area contributed by atoms with Crippen molar-refractivity contribution in [3.8, 4) is 56.5 Å². The average Bonchev–Trinajstić information content (AvgIpc) is 3.54. The highest BCUT2D eigenvalue weighted by atomic mass is 15.0. The predicted molar refractivity (Wildman–Crippen MR) is 207 cm³/mol. The van der Waals surface area contributed by atoms with E-state index in [2.05, 4.69) is 153 Å². The van der Waals surface area contributed by atoms with Gasteiger partial charge in [0.1, 0.15) is 0 Å². The molecule has 9 aromatic rings. The Kier molecular flexibility index (Phi) is 7.17. The second-order valence-electron chi connectivity index (χ2n) is 12.5. The third-order valence-electron chi connectivity index (χ3n) is 9.55. The molecule has 0 aliphatic carbocycles. The zero-order valence-corrected chi connectivity index (χ0v) is 27.3. The number of fused-ring (bicyclic) bond motifs is 5. The van der Waals surface area contributed by atoms with Crippen LogP contribution in [0.3, 0.4) is 0 Å². The third kappa shape index (κ3) is 5.18. The fraction of sp³-hybridized carbons (Fsp3) is 0. The summed E-state index contributed by atoms with van der Waals surface area (Å²) in [4.78, 5) is 12.6. The number of hydrogen-bond donors (Lipinski definition) is 0. The SMILES string of the molecule is [C-]#[N+]c1ccnc(-c2ccc(-c3cc4c(c5ccccc35)c3ccc(-c5ccc(-c6cc(C#N)ccn6)cc5)cc3n4-c3ccccc3)cc2)c1. The Morgan fingerprint density at radius 3 is 1.88 bits per heavy atom. The van der Waals surface area contributed by atoms with Gasteiger partial charge >= 0.3 is 0 Å². The molecule has 236 valence electrons. The number of pyridine rings is 2. The summed E-state index contributed by atoms with van der Waals surface area (Å²) in [5.74, 6) is 0. The van der Waals surface area contributed by atoms with E-state index in [0.29, 0.717) is 11.3 Å². The van der Waals surface area contributed by atoms with Gasteiger partial charge in [0, 0.05) is 34.4 Å². The molecule has 0 N–H and O–H groups in total. The first-order valence-electron chi connectivity index (χ1n) is 16.7. The fourth-order valence-corrected chi connectivity index (χ4v) is 7.11. The Hall–Kier alpha value is -7.34. The van der Waals surface area contributed by atoms with E-state index in [0.717, 1.165) is 61.5 Å². The average molecular weight is 650 g/mol. The molecule has 5 nitrogen and oxygen atoms in total. The van der Waals surface area contributed by atoms with Gasteiger partial charge in [-0.25, -0.2) is 4.85 Å². The van der Waals surface area contributed by atoms with Crippen LogP contribution in [-0.4, -0.2) is 14.5 Å². The van der Waals surface area contributed by atoms with Crippen LogP contribution in [0, 0.1) is 17.9 Å². The molecule has 5 heteroatoms. The maximum atomic E-state index is 9.35. The van der Waals surface area contributed by atoms with Crippen molar-refractivity contribution in [1.29, 1.82) is 5.26 Å². The summed E-state index contributed by atoms with van der Waals surface area (Å²) in [5, 5.41) is 14.1. The van der Waals surface area contributed by atoms with Crippen molar-refractivity contribution >= 4 is 38.3 Å². The minimum atomic E-state index is 0.578. The van der Waals surface area contributed by atoms with Crippen LogP contribution in [0.25, 0.3) is 87.9 Å². The maximum Gasteiger partial charge on any atom is 0.190 e. The van der Waals surface area contributed by atoms with Gasteiger partial charge in [0.05, 0.1) is 40.6 Å². The van der Waals surface area contributed by atoms with Gasteiger partial charge in [0.25, 0.3) is 0 Å². The molecule has 3 heterocycles. The molecular weight excluding hydrogens is 623 g/mol. The number of benzene rings is 6. The van der Waals surface area contributed by atoms with E-state index < -0.39 is 0 Å². The summed E-state index contributed by atoms with van der Waals surface area (Å²) in [6, 6.07) is 54.5. The van der Waals surface area contributed by atoms with E-state index >= 15 is 0 Å². The number of nitriles is 1. The van der Waals surface area contributed by atoms with Crippen LogP contribution in [0.2, 0.25) is 0 Å². The molecule has 9 rings (SSSR count). The van der Waals surface area contributed by atoms with Crippen molar-refractivity contribution in [3.05, 3.63) is 181 Å². The van der Waals surface area contributed by atoms with Crippen LogP contribution >= 0.6 is 0 Å². The Labute approximate surface area is 294 Å². The van der Waals surface area contributed by atoms with Crippen molar-refractivity contribution in [3.63, 3.8) is 0 Å². The summed E-state index contributed by atoms with van der Waals surface area (Å²) in [5.41, 5.74) is 12.5. The largest absolute Gasteiger partial charge is 0.309 e. The first-order valence-corrected chi connectivity index (χ1v) is 16.7. The van der Waals surface area contributed by atoms with Gasteiger partial charge in [-0.3, -0.25) is 9.97 Å². The minimum absolute atomic E-state index is 0.578. The van der Waals surface area contributed by atoms with E-state index in [-0.39, 0.29) is 0 Å². The van der Waals surface area contributed by atoms with E-state index in [9.17, 15) is 5.26 Å². The highest BCUT2D eigenvalue weighted by molar-refractivity contribution is 6.24. The van der Waals surface area contributed by atoms with Crippen molar-refractivity contribution in [2.24, 2.45) is 0 Å². The Morgan fingerprint density at radius 2 is 1.16 bits per heavy atom. The Morgan fingerprint density at radius 1 is 0.529 bits per heavy atom. The fourth-order valence-electron chi connectivity index (χ4n) is 7.11. The molecule has 0 radical (unpaired) electrons. The van der Waals surface area contributed by atoms with Crippen LogP contribution in [0.4, 0.5) is 5.69 Å². The lowest BCUT2D eigenvalue weighted by atomic mass is 9.93. The lowest BCUT2D eigenvalue weighted by Crippen LogP contribution is -1.94. The molecular formula is C46H27N5. The molecule has 3 aromatic heterocycles. The first kappa shape index (κ1) is 29.8. The van der Waals surface area contributed by atoms with Crippen molar-refractivity contribution < 1.29 is 0 Å². The number of aromatic nitrogens is 3. The monoisotopic (exact) mass is 649 g/mol. The van der Waals surface area contributed by atoms with Crippen LogP contribution in [0.5, 0.6) is 0 Å². The smallest absolute Gasteiger partial charge is 0.190 e. The molecule has 0 bridgehead atoms. The molecule has 0 saturated carbocycles. The van der Waals surface area contributed by atoms with Crippen LogP contribution in [0.1, 0.15) is 5.56 Å². The molecule has 0 aliphatic heterocycles. The number of nitrogens with zero attached hydrogens (tertiary/aromatic N) is 5. The maximum absolute atomic E-state index is 9.35. The van der Waals surface area contributed by atoms with Crippen molar-refractivity contribution in [1.82, 2.24) is 14.5 Å². The molecule has 0 aliphatic rings. The van der Waals surface area contributed by atoms with Crippen molar-refractivity contribution in [2.45, 2.75) is 0 Å². The second kappa shape index (κ2) is 12.3. The van der Waals surface area contributed by atoms with Gasteiger partial charge in [-0.05, 0) is 87.1 Å². The zero-order valence-electron chi connectivity index (χ0n) is 27.3. The lowest BCUT2D eigenvalue weighted by molar-refractivity contribution is 1.18. The molecule has 0 amide bonds. The van der Waals surface area contributed by atoms with E-state index in [1.54, 1.807) is 24.5 Å². The predicted octanol–water partition coefficient (Wildman–Crippen LogP) is 11.8.